The van der Waals surface area contributed by atoms with Gasteiger partial charge in [0.2, 0.25) is 0 Å². The first-order valence-corrected chi connectivity index (χ1v) is 9.46. The molecule has 0 fully saturated rings. The summed E-state index contributed by atoms with van der Waals surface area (Å²) in [6.45, 7) is 3.86. The molecule has 1 atom stereocenters. The van der Waals surface area contributed by atoms with E-state index in [2.05, 4.69) is 9.97 Å². The van der Waals surface area contributed by atoms with Crippen LogP contribution in [0.25, 0.3) is 16.6 Å². The number of imidazole rings is 1. The fraction of sp³-hybridized carbons (Fsp3) is 0.273. The number of nitrogens with zero attached hydrogens (tertiary/aromatic N) is 2. The summed E-state index contributed by atoms with van der Waals surface area (Å²) < 4.78 is 10.8. The number of nitrogens with two attached hydrogens (primary N) is 1. The zero-order valence-corrected chi connectivity index (χ0v) is 16.9. The van der Waals surface area contributed by atoms with Gasteiger partial charge in [0.1, 0.15) is 34.3 Å². The molecule has 7 nitrogen and oxygen atoms in total. The standard InChI is InChI=1S/C22H24N4O3/c1-5-22(2)19(27)18(21-24-16-8-6-7-9-17(16)25-21)20(23)26(22)13-10-14(28-3)12-15(11-13)29-4/h6-12H,5,23H2,1-4H3,(H,24,25)/t22-/m0/s1. The average molecular weight is 392 g/mol. The Kier molecular flexibility index (Phi) is 4.45. The van der Waals surface area contributed by atoms with Crippen LogP contribution in [0.3, 0.4) is 0 Å². The van der Waals surface area contributed by atoms with Gasteiger partial charge in [0.05, 0.1) is 30.9 Å². The largest absolute Gasteiger partial charge is 0.497 e. The topological polar surface area (TPSA) is 93.5 Å². The van der Waals surface area contributed by atoms with Crippen molar-refractivity contribution in [1.82, 2.24) is 9.97 Å². The Morgan fingerprint density at radius 2 is 1.79 bits per heavy atom. The normalized spacial score (nSPS) is 19.3. The van der Waals surface area contributed by atoms with Gasteiger partial charge in [-0.1, -0.05) is 19.1 Å². The Hall–Kier alpha value is -3.48. The van der Waals surface area contributed by atoms with Crippen LogP contribution >= 0.6 is 0 Å². The van der Waals surface area contributed by atoms with E-state index in [1.54, 1.807) is 20.3 Å². The SMILES string of the molecule is CC[C@@]1(C)C(=O)C(c2nc3ccccc3[nH]2)=C(N)N1c1cc(OC)cc(OC)c1. The molecule has 1 aromatic heterocycles. The second-order valence-electron chi connectivity index (χ2n) is 7.23. The van der Waals surface area contributed by atoms with Crippen molar-refractivity contribution in [1.29, 1.82) is 0 Å². The molecule has 1 aliphatic rings. The average Bonchev–Trinajstić information content (AvgIpc) is 3.24. The van der Waals surface area contributed by atoms with Gasteiger partial charge < -0.3 is 25.1 Å². The zero-order chi connectivity index (χ0) is 20.8. The summed E-state index contributed by atoms with van der Waals surface area (Å²) in [5.41, 5.74) is 8.49. The van der Waals surface area contributed by atoms with E-state index >= 15 is 0 Å². The first-order valence-electron chi connectivity index (χ1n) is 9.46. The number of hydrogen-bond acceptors (Lipinski definition) is 6. The Labute approximate surface area is 169 Å². The summed E-state index contributed by atoms with van der Waals surface area (Å²) in [4.78, 5) is 23.2. The van der Waals surface area contributed by atoms with E-state index in [4.69, 9.17) is 15.2 Å². The maximum absolute atomic E-state index is 13.5. The van der Waals surface area contributed by atoms with Crippen molar-refractivity contribution in [2.75, 3.05) is 19.1 Å². The minimum atomic E-state index is -0.851. The third-order valence-corrected chi connectivity index (χ3v) is 5.62. The number of ether oxygens (including phenoxy) is 2. The Balaban J connectivity index is 1.91. The molecule has 0 bridgehead atoms. The number of ketones is 1. The van der Waals surface area contributed by atoms with Crippen LogP contribution in [-0.2, 0) is 4.79 Å². The molecule has 0 spiro atoms. The Bertz CT molecular complexity index is 1080. The third kappa shape index (κ3) is 2.81. The number of benzene rings is 2. The monoisotopic (exact) mass is 392 g/mol. The molecule has 2 aromatic carbocycles. The fourth-order valence-electron chi connectivity index (χ4n) is 3.83. The highest BCUT2D eigenvalue weighted by Crippen LogP contribution is 2.43. The van der Waals surface area contributed by atoms with Gasteiger partial charge in [-0.3, -0.25) is 4.79 Å². The van der Waals surface area contributed by atoms with E-state index in [-0.39, 0.29) is 5.78 Å². The summed E-state index contributed by atoms with van der Waals surface area (Å²) in [5.74, 6) is 2.00. The molecule has 3 aromatic rings. The van der Waals surface area contributed by atoms with Crippen molar-refractivity contribution in [3.63, 3.8) is 0 Å². The lowest BCUT2D eigenvalue weighted by Crippen LogP contribution is -2.47. The molecular weight excluding hydrogens is 368 g/mol. The van der Waals surface area contributed by atoms with Crippen LogP contribution in [0.1, 0.15) is 26.1 Å². The number of anilines is 1. The number of Topliss-reactive ketones (excluding diaryl/α,β-unsaturated/α-hetero) is 1. The van der Waals surface area contributed by atoms with Gasteiger partial charge in [-0.15, -0.1) is 0 Å². The van der Waals surface area contributed by atoms with Crippen molar-refractivity contribution in [3.05, 3.63) is 54.1 Å². The molecule has 7 heteroatoms. The van der Waals surface area contributed by atoms with Crippen LogP contribution < -0.4 is 20.1 Å². The number of methoxy groups -OCH3 is 2. The maximum atomic E-state index is 13.5. The minimum absolute atomic E-state index is 0.0710. The lowest BCUT2D eigenvalue weighted by molar-refractivity contribution is -0.117. The molecule has 4 rings (SSSR count). The van der Waals surface area contributed by atoms with Crippen LogP contribution in [0, 0.1) is 0 Å². The molecule has 29 heavy (non-hydrogen) atoms. The molecule has 0 amide bonds. The number of aromatic nitrogens is 2. The second-order valence-corrected chi connectivity index (χ2v) is 7.23. The highest BCUT2D eigenvalue weighted by atomic mass is 16.5. The van der Waals surface area contributed by atoms with E-state index in [1.165, 1.54) is 0 Å². The second kappa shape index (κ2) is 6.84. The lowest BCUT2D eigenvalue weighted by atomic mass is 9.90. The van der Waals surface area contributed by atoms with Crippen LogP contribution in [0.15, 0.2) is 48.3 Å². The van der Waals surface area contributed by atoms with E-state index in [0.717, 1.165) is 16.7 Å². The predicted molar refractivity (Wildman–Crippen MR) is 113 cm³/mol. The van der Waals surface area contributed by atoms with Crippen molar-refractivity contribution in [2.45, 2.75) is 25.8 Å². The summed E-state index contributed by atoms with van der Waals surface area (Å²) in [7, 11) is 3.18. The van der Waals surface area contributed by atoms with Gasteiger partial charge in [-0.05, 0) is 25.5 Å². The first-order chi connectivity index (χ1) is 13.9. The quantitative estimate of drug-likeness (QED) is 0.691. The van der Waals surface area contributed by atoms with Crippen molar-refractivity contribution < 1.29 is 14.3 Å². The van der Waals surface area contributed by atoms with Crippen molar-refractivity contribution in [2.24, 2.45) is 5.73 Å². The molecule has 0 unspecified atom stereocenters. The van der Waals surface area contributed by atoms with Gasteiger partial charge in [0, 0.05) is 18.2 Å². The van der Waals surface area contributed by atoms with Gasteiger partial charge in [-0.2, -0.15) is 0 Å². The summed E-state index contributed by atoms with van der Waals surface area (Å²) in [5, 5.41) is 0. The minimum Gasteiger partial charge on any atom is -0.497 e. The van der Waals surface area contributed by atoms with Crippen LogP contribution in [0.4, 0.5) is 5.69 Å². The number of fused-ring (bicyclic) bond motifs is 1. The predicted octanol–water partition coefficient (Wildman–Crippen LogP) is 3.47. The highest BCUT2D eigenvalue weighted by Gasteiger charge is 2.49. The van der Waals surface area contributed by atoms with E-state index in [0.29, 0.717) is 35.1 Å². The summed E-state index contributed by atoms with van der Waals surface area (Å²) in [6, 6.07) is 13.1. The number of aromatic amines is 1. The molecule has 2 heterocycles. The highest BCUT2D eigenvalue weighted by molar-refractivity contribution is 6.29. The van der Waals surface area contributed by atoms with E-state index < -0.39 is 5.54 Å². The van der Waals surface area contributed by atoms with Gasteiger partial charge in [-0.25, -0.2) is 4.98 Å². The van der Waals surface area contributed by atoms with Crippen molar-refractivity contribution in [3.8, 4) is 11.5 Å². The summed E-state index contributed by atoms with van der Waals surface area (Å²) >= 11 is 0. The van der Waals surface area contributed by atoms with Crippen molar-refractivity contribution >= 4 is 28.1 Å². The maximum Gasteiger partial charge on any atom is 0.195 e. The summed E-state index contributed by atoms with van der Waals surface area (Å²) in [6.07, 6.45) is 0.565. The number of carbonyl (C=O) groups is 1. The molecular formula is C22H24N4O3. The van der Waals surface area contributed by atoms with E-state index in [9.17, 15) is 4.79 Å². The Morgan fingerprint density at radius 3 is 2.38 bits per heavy atom. The molecule has 0 saturated heterocycles. The number of carbonyl (C=O) groups excluding carboxylic acids is 1. The molecule has 0 aliphatic carbocycles. The first kappa shape index (κ1) is 18.9. The lowest BCUT2D eigenvalue weighted by Gasteiger charge is -2.35. The fourth-order valence-corrected chi connectivity index (χ4v) is 3.83. The molecule has 1 aliphatic heterocycles. The number of para-hydroxylation sites is 2. The number of H-pyrrole nitrogens is 1. The molecule has 0 saturated carbocycles. The number of hydrogen-bond donors (Lipinski definition) is 2. The number of nitrogens with one attached hydrogen (secondary N) is 1. The van der Waals surface area contributed by atoms with Crippen LogP contribution in [0.5, 0.6) is 11.5 Å². The molecule has 150 valence electrons. The van der Waals surface area contributed by atoms with Gasteiger partial charge in [0.15, 0.2) is 5.78 Å². The third-order valence-electron chi connectivity index (χ3n) is 5.62. The van der Waals surface area contributed by atoms with Crippen LogP contribution in [0.2, 0.25) is 0 Å². The molecule has 0 radical (unpaired) electrons. The van der Waals surface area contributed by atoms with E-state index in [1.807, 2.05) is 55.1 Å². The number of rotatable bonds is 5. The van der Waals surface area contributed by atoms with Gasteiger partial charge in [0.25, 0.3) is 0 Å². The smallest absolute Gasteiger partial charge is 0.195 e. The molecule has 3 N–H and O–H groups in total. The Morgan fingerprint density at radius 1 is 1.14 bits per heavy atom. The van der Waals surface area contributed by atoms with Crippen LogP contribution in [-0.4, -0.2) is 35.5 Å². The van der Waals surface area contributed by atoms with Gasteiger partial charge >= 0.3 is 0 Å². The zero-order valence-electron chi connectivity index (χ0n) is 16.9.